The van der Waals surface area contributed by atoms with Gasteiger partial charge in [0.1, 0.15) is 16.4 Å². The van der Waals surface area contributed by atoms with Crippen molar-refractivity contribution in [3.05, 3.63) is 29.6 Å². The Bertz CT molecular complexity index is 810. The second-order valence-corrected chi connectivity index (χ2v) is 7.00. The van der Waals surface area contributed by atoms with Crippen molar-refractivity contribution in [1.82, 2.24) is 24.1 Å². The third-order valence-corrected chi connectivity index (χ3v) is 5.28. The van der Waals surface area contributed by atoms with E-state index in [0.29, 0.717) is 5.69 Å². The molecule has 1 aliphatic heterocycles. The molecule has 9 heteroatoms. The van der Waals surface area contributed by atoms with E-state index in [4.69, 9.17) is 0 Å². The van der Waals surface area contributed by atoms with Crippen LogP contribution < -0.4 is 4.72 Å². The van der Waals surface area contributed by atoms with Gasteiger partial charge in [-0.3, -0.25) is 9.48 Å². The molecular formula is C13H17N5O3S. The summed E-state index contributed by atoms with van der Waals surface area (Å²) < 4.78 is 29.9. The van der Waals surface area contributed by atoms with Crippen molar-refractivity contribution in [1.29, 1.82) is 0 Å². The highest BCUT2D eigenvalue weighted by molar-refractivity contribution is 7.90. The Morgan fingerprint density at radius 2 is 2.14 bits per heavy atom. The number of fused-ring (bicyclic) bond motifs is 1. The van der Waals surface area contributed by atoms with Crippen molar-refractivity contribution in [3.8, 4) is 0 Å². The maximum absolute atomic E-state index is 12.3. The van der Waals surface area contributed by atoms with E-state index < -0.39 is 15.9 Å². The summed E-state index contributed by atoms with van der Waals surface area (Å²) in [5, 5.41) is 3.88. The molecule has 1 N–H and O–H groups in total. The number of nitrogens with one attached hydrogen (secondary N) is 1. The molecule has 0 saturated heterocycles. The average Bonchev–Trinajstić information content (AvgIpc) is 3.03. The number of nitrogens with zero attached hydrogens (tertiary/aromatic N) is 4. The van der Waals surface area contributed by atoms with E-state index in [9.17, 15) is 13.2 Å². The van der Waals surface area contributed by atoms with Gasteiger partial charge in [-0.25, -0.2) is 18.1 Å². The molecule has 2 aromatic rings. The Hall–Kier alpha value is -2.16. The highest BCUT2D eigenvalue weighted by Crippen LogP contribution is 2.16. The highest BCUT2D eigenvalue weighted by atomic mass is 32.2. The molecule has 0 radical (unpaired) electrons. The van der Waals surface area contributed by atoms with E-state index in [2.05, 4.69) is 14.8 Å². The Balaban J connectivity index is 1.84. The van der Waals surface area contributed by atoms with Crippen LogP contribution in [-0.2, 0) is 30.0 Å². The van der Waals surface area contributed by atoms with Gasteiger partial charge in [0.15, 0.2) is 0 Å². The zero-order valence-corrected chi connectivity index (χ0v) is 13.2. The van der Waals surface area contributed by atoms with Gasteiger partial charge in [-0.1, -0.05) is 0 Å². The molecule has 0 fully saturated rings. The minimum Gasteiger partial charge on any atom is -0.334 e. The molecule has 3 heterocycles. The van der Waals surface area contributed by atoms with Gasteiger partial charge in [0.25, 0.3) is 15.9 Å². The summed E-state index contributed by atoms with van der Waals surface area (Å²) in [4.78, 5) is 16.4. The molecule has 8 nitrogen and oxygen atoms in total. The molecule has 22 heavy (non-hydrogen) atoms. The largest absolute Gasteiger partial charge is 0.334 e. The summed E-state index contributed by atoms with van der Waals surface area (Å²) in [7, 11) is -2.31. The monoisotopic (exact) mass is 323 g/mol. The molecule has 118 valence electrons. The Morgan fingerprint density at radius 1 is 1.36 bits per heavy atom. The molecule has 0 unspecified atom stereocenters. The van der Waals surface area contributed by atoms with E-state index >= 15 is 0 Å². The lowest BCUT2D eigenvalue weighted by molar-refractivity contribution is 0.0977. The summed E-state index contributed by atoms with van der Waals surface area (Å²) in [6.45, 7) is 2.44. The van der Waals surface area contributed by atoms with Crippen molar-refractivity contribution in [2.45, 2.75) is 37.6 Å². The average molecular weight is 323 g/mol. The molecular weight excluding hydrogens is 306 g/mol. The third-order valence-electron chi connectivity index (χ3n) is 3.85. The number of carbonyl (C=O) groups is 1. The number of rotatable bonds is 3. The predicted octanol–water partition coefficient (Wildman–Crippen LogP) is 0.380. The molecule has 0 aromatic carbocycles. The molecule has 2 aromatic heterocycles. The number of sulfonamides is 1. The topological polar surface area (TPSA) is 98.9 Å². The van der Waals surface area contributed by atoms with E-state index in [1.165, 1.54) is 10.9 Å². The van der Waals surface area contributed by atoms with Crippen LogP contribution in [0.2, 0.25) is 0 Å². The fraction of sp³-hybridized carbons (Fsp3) is 0.462. The standard InChI is InChI=1S/C13H17N5O3S/c1-9-11(7-14-17(9)2)22(20,21)16-13(19)10-8-18-6-4-3-5-12(18)15-10/h7-8H,3-6H2,1-2H3,(H,16,19). The van der Waals surface area contributed by atoms with Crippen LogP contribution in [-0.4, -0.2) is 33.7 Å². The van der Waals surface area contributed by atoms with Gasteiger partial charge < -0.3 is 4.57 Å². The van der Waals surface area contributed by atoms with E-state index in [1.54, 1.807) is 20.2 Å². The minimum absolute atomic E-state index is 0.00711. The van der Waals surface area contributed by atoms with Crippen molar-refractivity contribution in [2.24, 2.45) is 7.05 Å². The lowest BCUT2D eigenvalue weighted by Crippen LogP contribution is -2.31. The first kappa shape index (κ1) is 14.8. The maximum Gasteiger partial charge on any atom is 0.285 e. The van der Waals surface area contributed by atoms with Crippen LogP contribution in [0.3, 0.4) is 0 Å². The molecule has 0 saturated carbocycles. The first-order valence-electron chi connectivity index (χ1n) is 7.00. The van der Waals surface area contributed by atoms with Crippen LogP contribution >= 0.6 is 0 Å². The van der Waals surface area contributed by atoms with Gasteiger partial charge in [0.05, 0.1) is 11.9 Å². The van der Waals surface area contributed by atoms with E-state index in [-0.39, 0.29) is 10.6 Å². The van der Waals surface area contributed by atoms with Crippen LogP contribution in [0.25, 0.3) is 0 Å². The molecule has 1 aliphatic rings. The summed E-state index contributed by atoms with van der Waals surface area (Å²) in [6.07, 6.45) is 5.71. The Kier molecular flexibility index (Phi) is 3.51. The van der Waals surface area contributed by atoms with Gasteiger partial charge in [-0.2, -0.15) is 5.10 Å². The SMILES string of the molecule is Cc1c(S(=O)(=O)NC(=O)c2cn3c(n2)CCCC3)cnn1C. The normalized spacial score (nSPS) is 14.6. The van der Waals surface area contributed by atoms with Crippen molar-refractivity contribution in [3.63, 3.8) is 0 Å². The molecule has 0 spiro atoms. The second kappa shape index (κ2) is 5.24. The number of amides is 1. The van der Waals surface area contributed by atoms with E-state index in [0.717, 1.165) is 31.6 Å². The van der Waals surface area contributed by atoms with Gasteiger partial charge in [-0.15, -0.1) is 0 Å². The summed E-state index contributed by atoms with van der Waals surface area (Å²) in [5.41, 5.74) is 0.589. The number of carbonyl (C=O) groups excluding carboxylic acids is 1. The predicted molar refractivity (Wildman–Crippen MR) is 77.8 cm³/mol. The van der Waals surface area contributed by atoms with Crippen molar-refractivity contribution in [2.75, 3.05) is 0 Å². The molecule has 3 rings (SSSR count). The molecule has 0 bridgehead atoms. The van der Waals surface area contributed by atoms with E-state index in [1.807, 2.05) is 4.57 Å². The minimum atomic E-state index is -3.95. The zero-order chi connectivity index (χ0) is 15.9. The number of hydrogen-bond acceptors (Lipinski definition) is 5. The third kappa shape index (κ3) is 2.52. The zero-order valence-electron chi connectivity index (χ0n) is 12.4. The number of aryl methyl sites for hydroxylation is 3. The lowest BCUT2D eigenvalue weighted by atomic mass is 10.2. The quantitative estimate of drug-likeness (QED) is 0.880. The number of aromatic nitrogens is 4. The molecule has 1 amide bonds. The van der Waals surface area contributed by atoms with Gasteiger partial charge >= 0.3 is 0 Å². The lowest BCUT2D eigenvalue weighted by Gasteiger charge is -2.11. The van der Waals surface area contributed by atoms with Gasteiger partial charge in [0.2, 0.25) is 0 Å². The first-order chi connectivity index (χ1) is 10.4. The van der Waals surface area contributed by atoms with Crippen molar-refractivity contribution < 1.29 is 13.2 Å². The maximum atomic E-state index is 12.3. The van der Waals surface area contributed by atoms with Crippen LogP contribution in [0.5, 0.6) is 0 Å². The van der Waals surface area contributed by atoms with Crippen molar-refractivity contribution >= 4 is 15.9 Å². The summed E-state index contributed by atoms with van der Waals surface area (Å²) in [5.74, 6) is 0.108. The smallest absolute Gasteiger partial charge is 0.285 e. The fourth-order valence-corrected chi connectivity index (χ4v) is 3.66. The Labute approximate surface area is 128 Å². The Morgan fingerprint density at radius 3 is 2.77 bits per heavy atom. The number of hydrogen-bond donors (Lipinski definition) is 1. The molecule has 0 aliphatic carbocycles. The first-order valence-corrected chi connectivity index (χ1v) is 8.48. The second-order valence-electron chi connectivity index (χ2n) is 5.35. The van der Waals surface area contributed by atoms with Gasteiger partial charge in [0, 0.05) is 26.2 Å². The van der Waals surface area contributed by atoms with Crippen LogP contribution in [0, 0.1) is 6.92 Å². The fourth-order valence-electron chi connectivity index (χ4n) is 2.49. The summed E-state index contributed by atoms with van der Waals surface area (Å²) in [6, 6.07) is 0. The number of imidazole rings is 1. The van der Waals surface area contributed by atoms with Crippen LogP contribution in [0.1, 0.15) is 34.8 Å². The summed E-state index contributed by atoms with van der Waals surface area (Å²) >= 11 is 0. The highest BCUT2D eigenvalue weighted by Gasteiger charge is 2.25. The van der Waals surface area contributed by atoms with Crippen LogP contribution in [0.15, 0.2) is 17.3 Å². The van der Waals surface area contributed by atoms with Gasteiger partial charge in [-0.05, 0) is 19.8 Å². The molecule has 0 atom stereocenters. The van der Waals surface area contributed by atoms with Crippen LogP contribution in [0.4, 0.5) is 0 Å².